The Hall–Kier alpha value is -1.83. The fourth-order valence-electron chi connectivity index (χ4n) is 2.70. The van der Waals surface area contributed by atoms with Crippen molar-refractivity contribution in [2.75, 3.05) is 19.6 Å². The molecule has 2 aromatic rings. The van der Waals surface area contributed by atoms with E-state index >= 15 is 0 Å². The van der Waals surface area contributed by atoms with Crippen molar-refractivity contribution in [2.24, 2.45) is 0 Å². The Morgan fingerprint density at radius 1 is 1.39 bits per heavy atom. The van der Waals surface area contributed by atoms with Crippen LogP contribution in [0.4, 0.5) is 4.39 Å². The molecule has 23 heavy (non-hydrogen) atoms. The summed E-state index contributed by atoms with van der Waals surface area (Å²) in [6, 6.07) is 6.14. The van der Waals surface area contributed by atoms with Gasteiger partial charge in [0.05, 0.1) is 17.7 Å². The number of nitrogens with zero attached hydrogens (tertiary/aromatic N) is 2. The standard InChI is InChI=1S/C16H18FN3O2S/c17-12-3-1-11(2-4-12)5-6-20-7-13(15(21)8-20)19-16(22)14-9-23-10-18-14/h1-4,9-10,13,15,21H,5-8H2,(H,19,22)/t13-,15-/m1/s1. The van der Waals surface area contributed by atoms with E-state index in [1.165, 1.54) is 23.5 Å². The van der Waals surface area contributed by atoms with E-state index in [0.29, 0.717) is 18.8 Å². The van der Waals surface area contributed by atoms with Gasteiger partial charge in [0, 0.05) is 25.0 Å². The third-order valence-electron chi connectivity index (χ3n) is 3.98. The van der Waals surface area contributed by atoms with E-state index in [1.54, 1.807) is 23.0 Å². The van der Waals surface area contributed by atoms with Gasteiger partial charge in [0.25, 0.3) is 5.91 Å². The molecular formula is C16H18FN3O2S. The highest BCUT2D eigenvalue weighted by Gasteiger charge is 2.32. The van der Waals surface area contributed by atoms with Crippen LogP contribution in [0.25, 0.3) is 0 Å². The maximum atomic E-state index is 12.9. The number of likely N-dealkylation sites (tertiary alicyclic amines) is 1. The van der Waals surface area contributed by atoms with Crippen molar-refractivity contribution < 1.29 is 14.3 Å². The summed E-state index contributed by atoms with van der Waals surface area (Å²) in [5.74, 6) is -0.495. The molecule has 1 saturated heterocycles. The number of carbonyl (C=O) groups is 1. The lowest BCUT2D eigenvalue weighted by Crippen LogP contribution is -2.43. The van der Waals surface area contributed by atoms with Crippen LogP contribution in [0, 0.1) is 5.82 Å². The van der Waals surface area contributed by atoms with E-state index < -0.39 is 6.10 Å². The molecule has 0 saturated carbocycles. The van der Waals surface area contributed by atoms with Crippen molar-refractivity contribution >= 4 is 17.2 Å². The molecule has 0 radical (unpaired) electrons. The van der Waals surface area contributed by atoms with Crippen molar-refractivity contribution in [3.05, 3.63) is 52.2 Å². The number of thiazole rings is 1. The monoisotopic (exact) mass is 335 g/mol. The van der Waals surface area contributed by atoms with Crippen LogP contribution >= 0.6 is 11.3 Å². The minimum atomic E-state index is -0.592. The molecule has 0 spiro atoms. The maximum Gasteiger partial charge on any atom is 0.271 e. The number of hydrogen-bond acceptors (Lipinski definition) is 5. The van der Waals surface area contributed by atoms with Gasteiger partial charge in [-0.2, -0.15) is 0 Å². The highest BCUT2D eigenvalue weighted by molar-refractivity contribution is 7.07. The molecule has 1 aromatic carbocycles. The lowest BCUT2D eigenvalue weighted by atomic mass is 10.1. The second-order valence-electron chi connectivity index (χ2n) is 5.66. The van der Waals surface area contributed by atoms with Crippen molar-refractivity contribution in [3.8, 4) is 0 Å². The zero-order valence-electron chi connectivity index (χ0n) is 12.5. The van der Waals surface area contributed by atoms with Crippen LogP contribution in [0.1, 0.15) is 16.1 Å². The molecule has 1 aliphatic heterocycles. The predicted molar refractivity (Wildman–Crippen MR) is 85.9 cm³/mol. The first-order valence-electron chi connectivity index (χ1n) is 7.46. The van der Waals surface area contributed by atoms with Gasteiger partial charge >= 0.3 is 0 Å². The Morgan fingerprint density at radius 2 is 2.17 bits per heavy atom. The van der Waals surface area contributed by atoms with Crippen LogP contribution in [-0.2, 0) is 6.42 Å². The molecule has 5 nitrogen and oxygen atoms in total. The second-order valence-corrected chi connectivity index (χ2v) is 6.38. The lowest BCUT2D eigenvalue weighted by Gasteiger charge is -2.16. The Kier molecular flexibility index (Phi) is 5.00. The topological polar surface area (TPSA) is 65.5 Å². The molecule has 1 aromatic heterocycles. The molecule has 1 fully saturated rings. The van der Waals surface area contributed by atoms with Crippen molar-refractivity contribution in [1.29, 1.82) is 0 Å². The van der Waals surface area contributed by atoms with Crippen LogP contribution in [0.2, 0.25) is 0 Å². The highest BCUT2D eigenvalue weighted by Crippen LogP contribution is 2.13. The molecule has 0 aliphatic carbocycles. The maximum absolute atomic E-state index is 12.9. The summed E-state index contributed by atoms with van der Waals surface area (Å²) in [5.41, 5.74) is 3.04. The van der Waals surface area contributed by atoms with Gasteiger partial charge in [0.15, 0.2) is 0 Å². The number of aliphatic hydroxyl groups is 1. The lowest BCUT2D eigenvalue weighted by molar-refractivity contribution is 0.0884. The zero-order valence-corrected chi connectivity index (χ0v) is 13.3. The zero-order chi connectivity index (χ0) is 16.2. The van der Waals surface area contributed by atoms with E-state index in [2.05, 4.69) is 15.2 Å². The molecule has 3 rings (SSSR count). The Morgan fingerprint density at radius 3 is 2.87 bits per heavy atom. The van der Waals surface area contributed by atoms with Gasteiger partial charge < -0.3 is 10.4 Å². The van der Waals surface area contributed by atoms with Gasteiger partial charge in [-0.25, -0.2) is 9.37 Å². The molecule has 1 amide bonds. The fraction of sp³-hybridized carbons (Fsp3) is 0.375. The molecule has 1 aliphatic rings. The van der Waals surface area contributed by atoms with Gasteiger partial charge in [-0.3, -0.25) is 9.69 Å². The van der Waals surface area contributed by atoms with E-state index in [0.717, 1.165) is 18.5 Å². The Bertz CT molecular complexity index is 648. The van der Waals surface area contributed by atoms with Gasteiger partial charge in [0.2, 0.25) is 0 Å². The number of rotatable bonds is 5. The molecule has 2 N–H and O–H groups in total. The first-order chi connectivity index (χ1) is 11.1. The molecule has 0 unspecified atom stereocenters. The summed E-state index contributed by atoms with van der Waals surface area (Å²) in [7, 11) is 0. The number of β-amino-alcohol motifs (C(OH)–C–C–N with tert-alkyl or cyclic N) is 1. The largest absolute Gasteiger partial charge is 0.390 e. The fourth-order valence-corrected chi connectivity index (χ4v) is 3.23. The summed E-state index contributed by atoms with van der Waals surface area (Å²) in [6.45, 7) is 1.87. The second kappa shape index (κ2) is 7.16. The van der Waals surface area contributed by atoms with Crippen molar-refractivity contribution in [2.45, 2.75) is 18.6 Å². The molecule has 2 heterocycles. The molecule has 2 atom stereocenters. The highest BCUT2D eigenvalue weighted by atomic mass is 32.1. The van der Waals surface area contributed by atoms with Crippen LogP contribution < -0.4 is 5.32 Å². The number of aromatic nitrogens is 1. The number of benzene rings is 1. The Balaban J connectivity index is 1.50. The van der Waals surface area contributed by atoms with Crippen molar-refractivity contribution in [1.82, 2.24) is 15.2 Å². The van der Waals surface area contributed by atoms with Gasteiger partial charge in [-0.15, -0.1) is 11.3 Å². The normalized spacial score (nSPS) is 21.5. The van der Waals surface area contributed by atoms with Crippen LogP contribution in [0.5, 0.6) is 0 Å². The molecule has 7 heteroatoms. The third kappa shape index (κ3) is 4.13. The number of aliphatic hydroxyl groups excluding tert-OH is 1. The minimum Gasteiger partial charge on any atom is -0.390 e. The van der Waals surface area contributed by atoms with E-state index in [4.69, 9.17) is 0 Å². The minimum absolute atomic E-state index is 0.241. The first-order valence-corrected chi connectivity index (χ1v) is 8.40. The van der Waals surface area contributed by atoms with Crippen LogP contribution in [0.15, 0.2) is 35.2 Å². The summed E-state index contributed by atoms with van der Waals surface area (Å²) in [5, 5.41) is 14.6. The van der Waals surface area contributed by atoms with Crippen LogP contribution in [0.3, 0.4) is 0 Å². The average molecular weight is 335 g/mol. The van der Waals surface area contributed by atoms with Gasteiger partial charge in [0.1, 0.15) is 11.5 Å². The number of halogens is 1. The SMILES string of the molecule is O=C(N[C@@H]1CN(CCc2ccc(F)cc2)C[C@H]1O)c1cscn1. The Labute approximate surface area is 137 Å². The van der Waals surface area contributed by atoms with Gasteiger partial charge in [-0.1, -0.05) is 12.1 Å². The van der Waals surface area contributed by atoms with Crippen LogP contribution in [-0.4, -0.2) is 52.7 Å². The molecule has 0 bridgehead atoms. The smallest absolute Gasteiger partial charge is 0.271 e. The quantitative estimate of drug-likeness (QED) is 0.864. The molecular weight excluding hydrogens is 317 g/mol. The average Bonchev–Trinajstić information content (AvgIpc) is 3.17. The van der Waals surface area contributed by atoms with E-state index in [-0.39, 0.29) is 17.8 Å². The molecule has 122 valence electrons. The van der Waals surface area contributed by atoms with Gasteiger partial charge in [-0.05, 0) is 24.1 Å². The van der Waals surface area contributed by atoms with E-state index in [9.17, 15) is 14.3 Å². The first kappa shape index (κ1) is 16.0. The summed E-state index contributed by atoms with van der Waals surface area (Å²) >= 11 is 1.36. The predicted octanol–water partition coefficient (Wildman–Crippen LogP) is 1.30. The summed E-state index contributed by atoms with van der Waals surface area (Å²) < 4.78 is 12.9. The number of hydrogen-bond donors (Lipinski definition) is 2. The summed E-state index contributed by atoms with van der Waals surface area (Å²) in [4.78, 5) is 18.1. The summed E-state index contributed by atoms with van der Waals surface area (Å²) in [6.07, 6.45) is 0.186. The number of nitrogens with one attached hydrogen (secondary N) is 1. The van der Waals surface area contributed by atoms with Crippen molar-refractivity contribution in [3.63, 3.8) is 0 Å². The number of amides is 1. The number of carbonyl (C=O) groups excluding carboxylic acids is 1. The third-order valence-corrected chi connectivity index (χ3v) is 4.56. The van der Waals surface area contributed by atoms with E-state index in [1.807, 2.05) is 0 Å².